The summed E-state index contributed by atoms with van der Waals surface area (Å²) in [5, 5.41) is 2.01. The third kappa shape index (κ3) is 2.60. The van der Waals surface area contributed by atoms with Gasteiger partial charge in [-0.15, -0.1) is 0 Å². The molecule has 1 nitrogen and oxygen atoms in total. The first-order chi connectivity index (χ1) is 6.95. The summed E-state index contributed by atoms with van der Waals surface area (Å²) >= 11 is 1.47. The Morgan fingerprint density at radius 3 is 2.86 bits per heavy atom. The second kappa shape index (κ2) is 4.82. The van der Waals surface area contributed by atoms with Gasteiger partial charge in [-0.25, -0.2) is 4.40 Å². The van der Waals surface area contributed by atoms with Gasteiger partial charge in [-0.1, -0.05) is 36.4 Å². The van der Waals surface area contributed by atoms with Gasteiger partial charge in [-0.3, -0.25) is 0 Å². The van der Waals surface area contributed by atoms with Gasteiger partial charge in [-0.05, 0) is 29.0 Å². The fourth-order valence-electron chi connectivity index (χ4n) is 1.32. The summed E-state index contributed by atoms with van der Waals surface area (Å²) in [6, 6.07) is 10.5. The SMILES string of the molecule is C1=CC(Cc2ccccc2)=CC=NS1. The minimum Gasteiger partial charge on any atom is -0.220 e. The van der Waals surface area contributed by atoms with Crippen molar-refractivity contribution in [2.24, 2.45) is 4.40 Å². The van der Waals surface area contributed by atoms with E-state index < -0.39 is 0 Å². The molecule has 0 amide bonds. The van der Waals surface area contributed by atoms with E-state index in [1.807, 2.05) is 17.7 Å². The highest BCUT2D eigenvalue weighted by atomic mass is 32.2. The van der Waals surface area contributed by atoms with Crippen LogP contribution in [0.4, 0.5) is 0 Å². The van der Waals surface area contributed by atoms with E-state index in [1.54, 1.807) is 0 Å². The van der Waals surface area contributed by atoms with E-state index in [1.165, 1.54) is 23.1 Å². The van der Waals surface area contributed by atoms with Gasteiger partial charge in [0.25, 0.3) is 0 Å². The predicted molar refractivity (Wildman–Crippen MR) is 63.5 cm³/mol. The van der Waals surface area contributed by atoms with Crippen molar-refractivity contribution in [1.29, 1.82) is 0 Å². The standard InChI is InChI=1S/C12H11NS/c1-2-4-11(5-3-1)10-12-6-8-13-14-9-7-12/h1-9H,10H2. The molecule has 1 heterocycles. The second-order valence-electron chi connectivity index (χ2n) is 3.07. The van der Waals surface area contributed by atoms with E-state index in [0.717, 1.165) is 6.42 Å². The maximum Gasteiger partial charge on any atom is 0.0358 e. The molecule has 1 aliphatic rings. The summed E-state index contributed by atoms with van der Waals surface area (Å²) in [7, 11) is 0. The Morgan fingerprint density at radius 1 is 1.14 bits per heavy atom. The van der Waals surface area contributed by atoms with E-state index in [4.69, 9.17) is 0 Å². The summed E-state index contributed by atoms with van der Waals surface area (Å²) in [4.78, 5) is 0. The van der Waals surface area contributed by atoms with Gasteiger partial charge in [0.05, 0.1) is 0 Å². The lowest BCUT2D eigenvalue weighted by Crippen LogP contribution is -1.87. The Morgan fingerprint density at radius 2 is 2.00 bits per heavy atom. The van der Waals surface area contributed by atoms with Crippen LogP contribution in [-0.4, -0.2) is 6.21 Å². The fraction of sp³-hybridized carbons (Fsp3) is 0.0833. The Hall–Kier alpha value is -1.28. The number of benzene rings is 1. The largest absolute Gasteiger partial charge is 0.220 e. The molecule has 0 aromatic heterocycles. The molecule has 14 heavy (non-hydrogen) atoms. The quantitative estimate of drug-likeness (QED) is 0.668. The minimum atomic E-state index is 0.976. The van der Waals surface area contributed by atoms with Crippen molar-refractivity contribution >= 4 is 18.2 Å². The molecule has 70 valence electrons. The maximum atomic E-state index is 4.09. The summed E-state index contributed by atoms with van der Waals surface area (Å²) in [5.74, 6) is 0. The van der Waals surface area contributed by atoms with E-state index >= 15 is 0 Å². The van der Waals surface area contributed by atoms with E-state index in [-0.39, 0.29) is 0 Å². The van der Waals surface area contributed by atoms with Gasteiger partial charge in [0.2, 0.25) is 0 Å². The average molecular weight is 201 g/mol. The van der Waals surface area contributed by atoms with Crippen molar-refractivity contribution in [3.8, 4) is 0 Å². The van der Waals surface area contributed by atoms with E-state index in [2.05, 4.69) is 40.8 Å². The monoisotopic (exact) mass is 201 g/mol. The van der Waals surface area contributed by atoms with E-state index in [0.29, 0.717) is 0 Å². The van der Waals surface area contributed by atoms with Crippen LogP contribution in [0.25, 0.3) is 0 Å². The topological polar surface area (TPSA) is 12.4 Å². The highest BCUT2D eigenvalue weighted by Gasteiger charge is 1.96. The Labute approximate surface area is 88.4 Å². The molecule has 1 aromatic carbocycles. The molecule has 0 radical (unpaired) electrons. The molecule has 0 saturated heterocycles. The van der Waals surface area contributed by atoms with Crippen LogP contribution in [0.3, 0.4) is 0 Å². The molecule has 0 aliphatic carbocycles. The summed E-state index contributed by atoms with van der Waals surface area (Å²) in [6.07, 6.45) is 7.00. The Kier molecular flexibility index (Phi) is 3.19. The van der Waals surface area contributed by atoms with Crippen LogP contribution >= 0.6 is 11.9 Å². The van der Waals surface area contributed by atoms with Crippen LogP contribution in [0.15, 0.2) is 57.9 Å². The van der Waals surface area contributed by atoms with Crippen molar-refractivity contribution in [1.82, 2.24) is 0 Å². The molecule has 0 fully saturated rings. The van der Waals surface area contributed by atoms with E-state index in [9.17, 15) is 0 Å². The van der Waals surface area contributed by atoms with Crippen molar-refractivity contribution < 1.29 is 0 Å². The Bertz CT molecular complexity index is 377. The van der Waals surface area contributed by atoms with Crippen LogP contribution in [0.1, 0.15) is 5.56 Å². The van der Waals surface area contributed by atoms with Crippen molar-refractivity contribution in [3.63, 3.8) is 0 Å². The third-order valence-corrected chi connectivity index (χ3v) is 2.51. The van der Waals surface area contributed by atoms with Crippen LogP contribution in [0, 0.1) is 0 Å². The molecular weight excluding hydrogens is 190 g/mol. The molecule has 2 heteroatoms. The normalized spacial score (nSPS) is 15.0. The molecule has 1 aromatic rings. The molecule has 0 saturated carbocycles. The molecule has 0 atom stereocenters. The van der Waals surface area contributed by atoms with Crippen molar-refractivity contribution in [2.75, 3.05) is 0 Å². The zero-order valence-electron chi connectivity index (χ0n) is 7.76. The van der Waals surface area contributed by atoms with Gasteiger partial charge in [-0.2, -0.15) is 0 Å². The van der Waals surface area contributed by atoms with Gasteiger partial charge < -0.3 is 0 Å². The maximum absolute atomic E-state index is 4.09. The third-order valence-electron chi connectivity index (χ3n) is 2.00. The number of hydrogen-bond donors (Lipinski definition) is 0. The molecule has 0 bridgehead atoms. The molecule has 0 spiro atoms. The molecular formula is C12H11NS. The van der Waals surface area contributed by atoms with Crippen LogP contribution in [0.2, 0.25) is 0 Å². The lowest BCUT2D eigenvalue weighted by Gasteiger charge is -2.00. The van der Waals surface area contributed by atoms with Gasteiger partial charge >= 0.3 is 0 Å². The first-order valence-electron chi connectivity index (χ1n) is 4.54. The van der Waals surface area contributed by atoms with Crippen LogP contribution in [0.5, 0.6) is 0 Å². The molecule has 0 unspecified atom stereocenters. The zero-order chi connectivity index (χ0) is 9.64. The highest BCUT2D eigenvalue weighted by Crippen LogP contribution is 2.14. The molecule has 0 N–H and O–H groups in total. The lowest BCUT2D eigenvalue weighted by molar-refractivity contribution is 1.20. The zero-order valence-corrected chi connectivity index (χ0v) is 8.58. The summed E-state index contributed by atoms with van der Waals surface area (Å²) in [6.45, 7) is 0. The Balaban J connectivity index is 2.11. The predicted octanol–water partition coefficient (Wildman–Crippen LogP) is 3.40. The first-order valence-corrected chi connectivity index (χ1v) is 5.37. The van der Waals surface area contributed by atoms with Gasteiger partial charge in [0.1, 0.15) is 0 Å². The smallest absolute Gasteiger partial charge is 0.0358 e. The number of allylic oxidation sites excluding steroid dienone is 3. The van der Waals surface area contributed by atoms with Gasteiger partial charge in [0.15, 0.2) is 0 Å². The molecule has 2 rings (SSSR count). The van der Waals surface area contributed by atoms with Gasteiger partial charge in [0, 0.05) is 18.2 Å². The fourth-order valence-corrected chi connectivity index (χ4v) is 1.76. The summed E-state index contributed by atoms with van der Waals surface area (Å²) in [5.41, 5.74) is 2.63. The lowest BCUT2D eigenvalue weighted by atomic mass is 10.1. The summed E-state index contributed by atoms with van der Waals surface area (Å²) < 4.78 is 4.09. The second-order valence-corrected chi connectivity index (χ2v) is 3.76. The minimum absolute atomic E-state index is 0.976. The number of hydrogen-bond acceptors (Lipinski definition) is 2. The number of nitrogens with zero attached hydrogens (tertiary/aromatic N) is 1. The van der Waals surface area contributed by atoms with Crippen LogP contribution < -0.4 is 0 Å². The van der Waals surface area contributed by atoms with Crippen molar-refractivity contribution in [2.45, 2.75) is 6.42 Å². The van der Waals surface area contributed by atoms with Crippen molar-refractivity contribution in [3.05, 3.63) is 59.0 Å². The average Bonchev–Trinajstić information content (AvgIpc) is 2.48. The van der Waals surface area contributed by atoms with Crippen LogP contribution in [-0.2, 0) is 6.42 Å². The molecule has 1 aliphatic heterocycles. The first kappa shape index (κ1) is 9.28. The number of rotatable bonds is 2. The highest BCUT2D eigenvalue weighted by molar-refractivity contribution is 8.01.